The summed E-state index contributed by atoms with van der Waals surface area (Å²) >= 11 is 12.1. The first-order chi connectivity index (χ1) is 7.36. The minimum Gasteiger partial charge on any atom is -0.495 e. The van der Waals surface area contributed by atoms with Gasteiger partial charge in [0.15, 0.2) is 0 Å². The Hall–Kier alpha value is -0.400. The van der Waals surface area contributed by atoms with E-state index >= 15 is 0 Å². The second-order valence-corrected chi connectivity index (χ2v) is 5.87. The summed E-state index contributed by atoms with van der Waals surface area (Å²) in [4.78, 5) is 0. The molecule has 0 bridgehead atoms. The van der Waals surface area contributed by atoms with Crippen LogP contribution in [0.5, 0.6) is 5.75 Å². The Morgan fingerprint density at radius 2 is 2.00 bits per heavy atom. The predicted molar refractivity (Wildman–Crippen MR) is 71.0 cm³/mol. The van der Waals surface area contributed by atoms with Gasteiger partial charge in [0.2, 0.25) is 0 Å². The Morgan fingerprint density at radius 1 is 1.38 bits per heavy atom. The van der Waals surface area contributed by atoms with E-state index in [2.05, 4.69) is 13.8 Å². The molecule has 1 nitrogen and oxygen atoms in total. The van der Waals surface area contributed by atoms with E-state index in [0.29, 0.717) is 5.02 Å². The minimum atomic E-state index is 0.0268. The van der Waals surface area contributed by atoms with Crippen LogP contribution in [0.15, 0.2) is 18.2 Å². The van der Waals surface area contributed by atoms with Gasteiger partial charge in [0, 0.05) is 5.38 Å². The molecule has 1 unspecified atom stereocenters. The average Bonchev–Trinajstić information content (AvgIpc) is 2.16. The van der Waals surface area contributed by atoms with Gasteiger partial charge in [0.05, 0.1) is 12.1 Å². The molecule has 0 fully saturated rings. The number of hydrogen-bond donors (Lipinski definition) is 0. The fraction of sp³-hybridized carbons (Fsp3) is 0.538. The van der Waals surface area contributed by atoms with E-state index in [-0.39, 0.29) is 10.8 Å². The van der Waals surface area contributed by atoms with Crippen molar-refractivity contribution >= 4 is 23.2 Å². The summed E-state index contributed by atoms with van der Waals surface area (Å²) in [6.07, 6.45) is 0.916. The van der Waals surface area contributed by atoms with Crippen LogP contribution in [-0.4, -0.2) is 12.5 Å². The van der Waals surface area contributed by atoms with Gasteiger partial charge in [-0.15, -0.1) is 11.6 Å². The molecule has 1 rings (SSSR count). The molecule has 16 heavy (non-hydrogen) atoms. The number of rotatable bonds is 4. The van der Waals surface area contributed by atoms with Gasteiger partial charge in [-0.05, 0) is 36.5 Å². The van der Waals surface area contributed by atoms with Crippen molar-refractivity contribution in [1.29, 1.82) is 0 Å². The molecule has 0 aliphatic carbocycles. The molecule has 0 heterocycles. The Bertz CT molecular complexity index is 359. The summed E-state index contributed by atoms with van der Waals surface area (Å²) in [7, 11) is 1.63. The lowest BCUT2D eigenvalue weighted by molar-refractivity contribution is 0.410. The molecule has 0 aliphatic rings. The van der Waals surface area contributed by atoms with Gasteiger partial charge in [-0.2, -0.15) is 0 Å². The standard InChI is InChI=1S/C13H18Cl2O/c1-9(14)8-13(2,3)10-5-6-11(15)12(7-10)16-4/h5-7,9H,8H2,1-4H3. The van der Waals surface area contributed by atoms with Gasteiger partial charge in [0.25, 0.3) is 0 Å². The van der Waals surface area contributed by atoms with Crippen LogP contribution in [-0.2, 0) is 5.41 Å². The summed E-state index contributed by atoms with van der Waals surface area (Å²) < 4.78 is 5.22. The summed E-state index contributed by atoms with van der Waals surface area (Å²) in [6.45, 7) is 6.36. The van der Waals surface area contributed by atoms with Crippen molar-refractivity contribution in [2.45, 2.75) is 38.0 Å². The SMILES string of the molecule is COc1cc(C(C)(C)CC(C)Cl)ccc1Cl. The quantitative estimate of drug-likeness (QED) is 0.717. The molecule has 0 aromatic heterocycles. The number of hydrogen-bond acceptors (Lipinski definition) is 1. The van der Waals surface area contributed by atoms with Gasteiger partial charge in [-0.1, -0.05) is 31.5 Å². The maximum atomic E-state index is 6.06. The Morgan fingerprint density at radius 3 is 2.50 bits per heavy atom. The zero-order valence-corrected chi connectivity index (χ0v) is 11.7. The maximum Gasteiger partial charge on any atom is 0.137 e. The molecule has 0 N–H and O–H groups in total. The fourth-order valence-corrected chi connectivity index (χ4v) is 2.48. The summed E-state index contributed by atoms with van der Waals surface area (Å²) in [5.41, 5.74) is 1.22. The summed E-state index contributed by atoms with van der Waals surface area (Å²) in [5, 5.41) is 0.789. The lowest BCUT2D eigenvalue weighted by Gasteiger charge is -2.27. The monoisotopic (exact) mass is 260 g/mol. The van der Waals surface area contributed by atoms with Crippen LogP contribution in [0.3, 0.4) is 0 Å². The van der Waals surface area contributed by atoms with Crippen molar-refractivity contribution in [2.75, 3.05) is 7.11 Å². The Labute approximate surface area is 108 Å². The van der Waals surface area contributed by atoms with Crippen LogP contribution in [0.4, 0.5) is 0 Å². The molecular formula is C13H18Cl2O. The number of alkyl halides is 1. The van der Waals surface area contributed by atoms with Gasteiger partial charge < -0.3 is 4.74 Å². The molecule has 0 radical (unpaired) electrons. The molecule has 1 atom stereocenters. The molecular weight excluding hydrogens is 243 g/mol. The molecule has 0 aliphatic heterocycles. The second kappa shape index (κ2) is 5.29. The first-order valence-electron chi connectivity index (χ1n) is 5.35. The van der Waals surface area contributed by atoms with Crippen LogP contribution in [0.2, 0.25) is 5.02 Å². The molecule has 1 aromatic carbocycles. The molecule has 0 saturated carbocycles. The topological polar surface area (TPSA) is 9.23 Å². The highest BCUT2D eigenvalue weighted by Gasteiger charge is 2.23. The third-order valence-corrected chi connectivity index (χ3v) is 3.19. The lowest BCUT2D eigenvalue weighted by atomic mass is 9.80. The van der Waals surface area contributed by atoms with Crippen molar-refractivity contribution in [3.63, 3.8) is 0 Å². The molecule has 3 heteroatoms. The Balaban J connectivity index is 3.03. The highest BCUT2D eigenvalue weighted by Crippen LogP contribution is 2.34. The third-order valence-electron chi connectivity index (χ3n) is 2.72. The summed E-state index contributed by atoms with van der Waals surface area (Å²) in [5.74, 6) is 0.717. The molecule has 0 amide bonds. The van der Waals surface area contributed by atoms with Gasteiger partial charge in [-0.3, -0.25) is 0 Å². The van der Waals surface area contributed by atoms with Gasteiger partial charge in [0.1, 0.15) is 5.75 Å². The molecule has 90 valence electrons. The van der Waals surface area contributed by atoms with Crippen molar-refractivity contribution in [1.82, 2.24) is 0 Å². The minimum absolute atomic E-state index is 0.0268. The first kappa shape index (κ1) is 13.7. The van der Waals surface area contributed by atoms with E-state index in [1.54, 1.807) is 7.11 Å². The smallest absolute Gasteiger partial charge is 0.137 e. The fourth-order valence-electron chi connectivity index (χ4n) is 1.90. The van der Waals surface area contributed by atoms with Crippen molar-refractivity contribution in [2.24, 2.45) is 0 Å². The van der Waals surface area contributed by atoms with Gasteiger partial charge >= 0.3 is 0 Å². The Kier molecular flexibility index (Phi) is 4.52. The van der Waals surface area contributed by atoms with E-state index in [4.69, 9.17) is 27.9 Å². The van der Waals surface area contributed by atoms with Crippen LogP contribution < -0.4 is 4.74 Å². The van der Waals surface area contributed by atoms with E-state index in [0.717, 1.165) is 12.2 Å². The van der Waals surface area contributed by atoms with Crippen molar-refractivity contribution < 1.29 is 4.74 Å². The number of benzene rings is 1. The highest BCUT2D eigenvalue weighted by molar-refractivity contribution is 6.32. The highest BCUT2D eigenvalue weighted by atomic mass is 35.5. The van der Waals surface area contributed by atoms with Crippen LogP contribution >= 0.6 is 23.2 Å². The largest absolute Gasteiger partial charge is 0.495 e. The van der Waals surface area contributed by atoms with Crippen molar-refractivity contribution in [3.8, 4) is 5.75 Å². The second-order valence-electron chi connectivity index (χ2n) is 4.72. The average molecular weight is 261 g/mol. The zero-order valence-electron chi connectivity index (χ0n) is 10.2. The third kappa shape index (κ3) is 3.29. The predicted octanol–water partition coefficient (Wildman–Crippen LogP) is 4.64. The molecule has 1 aromatic rings. The van der Waals surface area contributed by atoms with Crippen molar-refractivity contribution in [3.05, 3.63) is 28.8 Å². The van der Waals surface area contributed by atoms with E-state index in [1.165, 1.54) is 5.56 Å². The number of halogens is 2. The van der Waals surface area contributed by atoms with E-state index in [1.807, 2.05) is 25.1 Å². The van der Waals surface area contributed by atoms with E-state index in [9.17, 15) is 0 Å². The molecule has 0 saturated heterocycles. The van der Waals surface area contributed by atoms with Crippen LogP contribution in [0.1, 0.15) is 32.8 Å². The van der Waals surface area contributed by atoms with Crippen LogP contribution in [0.25, 0.3) is 0 Å². The van der Waals surface area contributed by atoms with Gasteiger partial charge in [-0.25, -0.2) is 0 Å². The maximum absolute atomic E-state index is 6.06. The summed E-state index contributed by atoms with van der Waals surface area (Å²) in [6, 6.07) is 5.89. The zero-order chi connectivity index (χ0) is 12.3. The molecule has 0 spiro atoms. The lowest BCUT2D eigenvalue weighted by Crippen LogP contribution is -2.20. The normalized spacial score (nSPS) is 13.6. The first-order valence-corrected chi connectivity index (χ1v) is 6.16. The number of ether oxygens (including phenoxy) is 1. The van der Waals surface area contributed by atoms with E-state index < -0.39 is 0 Å². The van der Waals surface area contributed by atoms with Crippen LogP contribution in [0, 0.1) is 0 Å². The number of methoxy groups -OCH3 is 1.